The predicted molar refractivity (Wildman–Crippen MR) is 209 cm³/mol. The van der Waals surface area contributed by atoms with Crippen LogP contribution in [-0.4, -0.2) is 130 Å². The van der Waals surface area contributed by atoms with Crippen LogP contribution < -0.4 is 16.4 Å². The van der Waals surface area contributed by atoms with E-state index in [0.29, 0.717) is 25.8 Å². The van der Waals surface area contributed by atoms with Gasteiger partial charge in [-0.3, -0.25) is 28.9 Å². The molecule has 53 heavy (non-hydrogen) atoms. The number of amides is 5. The van der Waals surface area contributed by atoms with Crippen molar-refractivity contribution in [3.8, 4) is 0 Å². The van der Waals surface area contributed by atoms with Gasteiger partial charge in [-0.1, -0.05) is 78.3 Å². The molecule has 0 aliphatic carbocycles. The van der Waals surface area contributed by atoms with Gasteiger partial charge in [0.15, 0.2) is 0 Å². The molecule has 0 bridgehead atoms. The van der Waals surface area contributed by atoms with E-state index in [1.807, 2.05) is 77.0 Å². The predicted octanol–water partition coefficient (Wildman–Crippen LogP) is 3.24. The number of primary amides is 1. The van der Waals surface area contributed by atoms with Crippen LogP contribution in [0.5, 0.6) is 0 Å². The molecule has 5 amide bonds. The van der Waals surface area contributed by atoms with E-state index in [2.05, 4.69) is 24.5 Å². The second-order valence-corrected chi connectivity index (χ2v) is 15.2. The molecule has 7 atom stereocenters. The van der Waals surface area contributed by atoms with Gasteiger partial charge in [0.2, 0.25) is 29.5 Å². The van der Waals surface area contributed by atoms with Gasteiger partial charge in [-0.2, -0.15) is 0 Å². The lowest BCUT2D eigenvalue weighted by Crippen LogP contribution is -2.52. The second-order valence-electron chi connectivity index (χ2n) is 15.2. The van der Waals surface area contributed by atoms with Gasteiger partial charge < -0.3 is 35.6 Å². The van der Waals surface area contributed by atoms with Crippen molar-refractivity contribution in [2.75, 3.05) is 49.0 Å². The van der Waals surface area contributed by atoms with Crippen LogP contribution in [-0.2, 0) is 39.9 Å². The van der Waals surface area contributed by atoms with Crippen molar-refractivity contribution in [3.05, 3.63) is 35.9 Å². The third kappa shape index (κ3) is 15.4. The number of carbonyl (C=O) groups excluding carboxylic acids is 5. The second kappa shape index (κ2) is 24.0. The molecular formula is C40H70N6O7. The summed E-state index contributed by atoms with van der Waals surface area (Å²) in [5.41, 5.74) is 6.10. The minimum absolute atomic E-state index is 0.0167. The van der Waals surface area contributed by atoms with Crippen molar-refractivity contribution in [1.82, 2.24) is 25.3 Å². The summed E-state index contributed by atoms with van der Waals surface area (Å²) in [6.07, 6.45) is 2.28. The number of carbonyl (C=O) groups is 5. The Morgan fingerprint density at radius 2 is 1.57 bits per heavy atom. The highest BCUT2D eigenvalue weighted by atomic mass is 16.5. The summed E-state index contributed by atoms with van der Waals surface area (Å²) in [6, 6.07) is 8.13. The average Bonchev–Trinajstić information content (AvgIpc) is 3.59. The van der Waals surface area contributed by atoms with E-state index in [1.54, 1.807) is 38.1 Å². The molecule has 7 unspecified atom stereocenters. The Hall–Kier alpha value is -3.55. The molecule has 0 radical (unpaired) electrons. The zero-order chi connectivity index (χ0) is 40.4. The zero-order valence-corrected chi connectivity index (χ0v) is 34.5. The van der Waals surface area contributed by atoms with Crippen molar-refractivity contribution in [2.24, 2.45) is 23.5 Å². The van der Waals surface area contributed by atoms with Gasteiger partial charge in [-0.15, -0.1) is 0 Å². The van der Waals surface area contributed by atoms with Crippen molar-refractivity contribution >= 4 is 29.5 Å². The topological polar surface area (TPSA) is 164 Å². The zero-order valence-electron chi connectivity index (χ0n) is 34.5. The smallest absolute Gasteiger partial charge is 0.242 e. The Kier molecular flexibility index (Phi) is 21.5. The highest BCUT2D eigenvalue weighted by Crippen LogP contribution is 2.28. The SMILES string of the molecule is CC(C)C(C(N)=O)N(C)C.CCC(C)C(C(CC(=O)N1CCCC1C(CC(=O)NC(Cc1ccccc1)C(=O)NC)OC)OC)N(C)C(=O)CC(C)C. The van der Waals surface area contributed by atoms with Crippen LogP contribution >= 0.6 is 0 Å². The molecule has 4 N–H and O–H groups in total. The number of nitrogens with two attached hydrogens (primary N) is 1. The number of hydrogen-bond donors (Lipinski definition) is 3. The summed E-state index contributed by atoms with van der Waals surface area (Å²) < 4.78 is 11.7. The minimum atomic E-state index is -0.728. The van der Waals surface area contributed by atoms with Crippen LogP contribution in [0.1, 0.15) is 85.6 Å². The number of hydrogen-bond acceptors (Lipinski definition) is 8. The number of ether oxygens (including phenoxy) is 2. The summed E-state index contributed by atoms with van der Waals surface area (Å²) in [6.45, 7) is 12.7. The molecule has 13 heteroatoms. The minimum Gasteiger partial charge on any atom is -0.379 e. The summed E-state index contributed by atoms with van der Waals surface area (Å²) in [4.78, 5) is 68.7. The Bertz CT molecular complexity index is 1270. The molecule has 1 aromatic carbocycles. The first-order valence-electron chi connectivity index (χ1n) is 19.0. The molecule has 0 spiro atoms. The fourth-order valence-corrected chi connectivity index (χ4v) is 7.25. The van der Waals surface area contributed by atoms with Crippen molar-refractivity contribution in [1.29, 1.82) is 0 Å². The highest BCUT2D eigenvalue weighted by molar-refractivity contribution is 5.88. The van der Waals surface area contributed by atoms with E-state index in [-0.39, 0.29) is 78.3 Å². The normalized spacial score (nSPS) is 17.6. The van der Waals surface area contributed by atoms with Crippen molar-refractivity contribution in [2.45, 2.75) is 123 Å². The number of methoxy groups -OCH3 is 2. The largest absolute Gasteiger partial charge is 0.379 e. The lowest BCUT2D eigenvalue weighted by atomic mass is 9.90. The van der Waals surface area contributed by atoms with Gasteiger partial charge in [-0.05, 0) is 50.3 Å². The maximum absolute atomic E-state index is 13.8. The van der Waals surface area contributed by atoms with E-state index < -0.39 is 18.2 Å². The van der Waals surface area contributed by atoms with Gasteiger partial charge in [0.05, 0.1) is 43.2 Å². The number of likely N-dealkylation sites (tertiary alicyclic amines) is 1. The molecule has 0 saturated carbocycles. The Labute approximate surface area is 319 Å². The van der Waals surface area contributed by atoms with Crippen molar-refractivity contribution in [3.63, 3.8) is 0 Å². The first-order valence-corrected chi connectivity index (χ1v) is 19.0. The number of likely N-dealkylation sites (N-methyl/N-ethyl adjacent to an activating group) is 3. The van der Waals surface area contributed by atoms with Gasteiger partial charge >= 0.3 is 0 Å². The first-order chi connectivity index (χ1) is 24.9. The average molecular weight is 747 g/mol. The fraction of sp³-hybridized carbons (Fsp3) is 0.725. The molecule has 1 fully saturated rings. The summed E-state index contributed by atoms with van der Waals surface area (Å²) in [5, 5.41) is 5.50. The van der Waals surface area contributed by atoms with E-state index in [4.69, 9.17) is 15.2 Å². The number of benzene rings is 1. The maximum atomic E-state index is 13.8. The molecule has 1 aromatic rings. The number of rotatable bonds is 20. The van der Waals surface area contributed by atoms with Crippen LogP contribution in [0.3, 0.4) is 0 Å². The molecule has 302 valence electrons. The Morgan fingerprint density at radius 1 is 0.943 bits per heavy atom. The van der Waals surface area contributed by atoms with Gasteiger partial charge in [0.25, 0.3) is 0 Å². The monoisotopic (exact) mass is 747 g/mol. The molecule has 13 nitrogen and oxygen atoms in total. The van der Waals surface area contributed by atoms with Crippen LogP contribution in [0.2, 0.25) is 0 Å². The molecule has 0 aromatic heterocycles. The highest BCUT2D eigenvalue weighted by Gasteiger charge is 2.40. The lowest BCUT2D eigenvalue weighted by molar-refractivity contribution is -0.145. The van der Waals surface area contributed by atoms with E-state index in [1.165, 1.54) is 0 Å². The van der Waals surface area contributed by atoms with Crippen molar-refractivity contribution < 1.29 is 33.4 Å². The summed E-state index contributed by atoms with van der Waals surface area (Å²) in [7, 11) is 10.2. The van der Waals surface area contributed by atoms with Crippen LogP contribution in [0.15, 0.2) is 30.3 Å². The van der Waals surface area contributed by atoms with E-state index in [9.17, 15) is 24.0 Å². The molecule has 1 aliphatic heterocycles. The van der Waals surface area contributed by atoms with Gasteiger partial charge in [-0.25, -0.2) is 0 Å². The third-order valence-electron chi connectivity index (χ3n) is 10.1. The first kappa shape index (κ1) is 47.5. The molecular weight excluding hydrogens is 676 g/mol. The quantitative estimate of drug-likeness (QED) is 0.183. The van der Waals surface area contributed by atoms with Crippen LogP contribution in [0.25, 0.3) is 0 Å². The lowest BCUT2D eigenvalue weighted by Gasteiger charge is -2.39. The molecule has 2 rings (SSSR count). The number of nitrogens with one attached hydrogen (secondary N) is 2. The standard InChI is InChI=1S/C33H54N4O6.C7H16N2O/c1-9-23(4)32(36(6)30(39)18-22(2)3)28(43-8)21-31(40)37-17-13-16-26(37)27(42-7)20-29(38)35-25(33(41)34-5)19-24-14-11-10-12-15-24;1-5(2)6(7(8)10)9(3)4/h10-12,14-15,22-23,25-28,32H,9,13,16-21H2,1-8H3,(H,34,41)(H,35,38);5-6H,1-4H3,(H2,8,10). The molecule has 1 aliphatic rings. The summed E-state index contributed by atoms with van der Waals surface area (Å²) >= 11 is 0. The fourth-order valence-electron chi connectivity index (χ4n) is 7.25. The third-order valence-corrected chi connectivity index (χ3v) is 10.1. The summed E-state index contributed by atoms with van der Waals surface area (Å²) in [5.74, 6) is -0.229. The molecule has 1 saturated heterocycles. The van der Waals surface area contributed by atoms with Gasteiger partial charge in [0, 0.05) is 47.7 Å². The Morgan fingerprint density at radius 3 is 2.02 bits per heavy atom. The van der Waals surface area contributed by atoms with Gasteiger partial charge in [0.1, 0.15) is 6.04 Å². The number of nitrogens with zero attached hydrogens (tertiary/aromatic N) is 3. The van der Waals surface area contributed by atoms with E-state index in [0.717, 1.165) is 18.4 Å². The molecule has 1 heterocycles. The van der Waals surface area contributed by atoms with Crippen LogP contribution in [0.4, 0.5) is 0 Å². The maximum Gasteiger partial charge on any atom is 0.242 e. The Balaban J connectivity index is 0.00000122. The van der Waals surface area contributed by atoms with Crippen LogP contribution in [0, 0.1) is 17.8 Å². The van der Waals surface area contributed by atoms with E-state index >= 15 is 0 Å².